The van der Waals surface area contributed by atoms with Gasteiger partial charge in [0, 0.05) is 25.0 Å². The first-order valence-corrected chi connectivity index (χ1v) is 7.41. The second-order valence-electron chi connectivity index (χ2n) is 4.61. The minimum absolute atomic E-state index is 0.615. The highest BCUT2D eigenvalue weighted by molar-refractivity contribution is 7.13. The molecule has 0 fully saturated rings. The van der Waals surface area contributed by atoms with Crippen LogP contribution in [0.3, 0.4) is 0 Å². The highest BCUT2D eigenvalue weighted by Crippen LogP contribution is 2.23. The first kappa shape index (κ1) is 13.3. The van der Waals surface area contributed by atoms with Crippen LogP contribution in [0.2, 0.25) is 0 Å². The molecule has 2 rings (SSSR count). The monoisotopic (exact) mass is 263 g/mol. The molecule has 0 aliphatic rings. The molecule has 1 N–H and O–H groups in total. The van der Waals surface area contributed by atoms with Gasteiger partial charge in [0.15, 0.2) is 0 Å². The summed E-state index contributed by atoms with van der Waals surface area (Å²) >= 11 is 1.75. The van der Waals surface area contributed by atoms with E-state index in [1.807, 2.05) is 13.2 Å². The van der Waals surface area contributed by atoms with Gasteiger partial charge in [-0.3, -0.25) is 0 Å². The smallest absolute Gasteiger partial charge is 0.149 e. The Hall–Kier alpha value is -1.13. The predicted octanol–water partition coefficient (Wildman–Crippen LogP) is 3.39. The van der Waals surface area contributed by atoms with E-state index in [1.54, 1.807) is 11.3 Å². The molecule has 0 amide bonds. The highest BCUT2D eigenvalue weighted by atomic mass is 32.1. The molecule has 1 atom stereocenters. The molecule has 0 aromatic carbocycles. The molecule has 4 heteroatoms. The van der Waals surface area contributed by atoms with Crippen LogP contribution in [0.4, 0.5) is 0 Å². The van der Waals surface area contributed by atoms with Crippen LogP contribution in [0.25, 0.3) is 10.7 Å². The van der Waals surface area contributed by atoms with Crippen LogP contribution in [0.15, 0.2) is 29.9 Å². The lowest BCUT2D eigenvalue weighted by molar-refractivity contribution is 0.506. The van der Waals surface area contributed by atoms with Gasteiger partial charge in [0.1, 0.15) is 5.82 Å². The summed E-state index contributed by atoms with van der Waals surface area (Å²) in [5.74, 6) is 1.10. The molecule has 2 aromatic rings. The number of unbranched alkanes of at least 4 members (excludes halogenated alkanes) is 1. The highest BCUT2D eigenvalue weighted by Gasteiger charge is 2.06. The Bertz CT molecular complexity index is 447. The molecule has 98 valence electrons. The van der Waals surface area contributed by atoms with Crippen molar-refractivity contribution in [1.82, 2.24) is 14.9 Å². The third-order valence-electron chi connectivity index (χ3n) is 3.24. The average Bonchev–Trinajstić information content (AvgIpc) is 3.04. The van der Waals surface area contributed by atoms with E-state index in [9.17, 15) is 0 Å². The van der Waals surface area contributed by atoms with Gasteiger partial charge in [-0.1, -0.05) is 12.5 Å². The second kappa shape index (κ2) is 6.71. The van der Waals surface area contributed by atoms with Crippen LogP contribution < -0.4 is 5.32 Å². The topological polar surface area (TPSA) is 29.9 Å². The minimum atomic E-state index is 0.615. The Labute approximate surface area is 113 Å². The van der Waals surface area contributed by atoms with E-state index in [4.69, 9.17) is 0 Å². The van der Waals surface area contributed by atoms with E-state index in [-0.39, 0.29) is 0 Å². The molecule has 0 saturated carbocycles. The lowest BCUT2D eigenvalue weighted by Gasteiger charge is -2.10. The van der Waals surface area contributed by atoms with Crippen molar-refractivity contribution in [3.63, 3.8) is 0 Å². The molecule has 18 heavy (non-hydrogen) atoms. The third-order valence-corrected chi connectivity index (χ3v) is 4.10. The summed E-state index contributed by atoms with van der Waals surface area (Å²) in [6.45, 7) is 3.29. The fourth-order valence-electron chi connectivity index (χ4n) is 2.00. The molecule has 2 heterocycles. The first-order valence-electron chi connectivity index (χ1n) is 6.53. The average molecular weight is 263 g/mol. The molecule has 2 aromatic heterocycles. The fourth-order valence-corrected chi connectivity index (χ4v) is 2.73. The van der Waals surface area contributed by atoms with Gasteiger partial charge in [0.05, 0.1) is 4.88 Å². The maximum absolute atomic E-state index is 4.45. The SMILES string of the molecule is CNC(C)CCCCn1ccnc1-c1cccs1. The Balaban J connectivity index is 1.85. The molecule has 0 saturated heterocycles. The van der Waals surface area contributed by atoms with Gasteiger partial charge in [-0.2, -0.15) is 0 Å². The van der Waals surface area contributed by atoms with Crippen molar-refractivity contribution in [3.8, 4) is 10.7 Å². The number of nitrogens with one attached hydrogen (secondary N) is 1. The summed E-state index contributed by atoms with van der Waals surface area (Å²) in [5, 5.41) is 5.38. The van der Waals surface area contributed by atoms with Gasteiger partial charge >= 0.3 is 0 Å². The number of thiophene rings is 1. The van der Waals surface area contributed by atoms with Gasteiger partial charge in [-0.25, -0.2) is 4.98 Å². The summed E-state index contributed by atoms with van der Waals surface area (Å²) in [5.41, 5.74) is 0. The first-order chi connectivity index (χ1) is 8.81. The van der Waals surface area contributed by atoms with E-state index >= 15 is 0 Å². The molecule has 3 nitrogen and oxygen atoms in total. The lowest BCUT2D eigenvalue weighted by atomic mass is 10.1. The standard InChI is InChI=1S/C14H21N3S/c1-12(15-2)6-3-4-9-17-10-8-16-14(17)13-7-5-11-18-13/h5,7-8,10-12,15H,3-4,6,9H2,1-2H3. The zero-order valence-corrected chi connectivity index (χ0v) is 11.9. The second-order valence-corrected chi connectivity index (χ2v) is 5.55. The van der Waals surface area contributed by atoms with Gasteiger partial charge in [-0.05, 0) is 38.3 Å². The van der Waals surface area contributed by atoms with E-state index < -0.39 is 0 Å². The molecule has 0 spiro atoms. The van der Waals surface area contributed by atoms with Gasteiger partial charge in [0.2, 0.25) is 0 Å². The molecular weight excluding hydrogens is 242 g/mol. The number of aromatic nitrogens is 2. The van der Waals surface area contributed by atoms with Crippen LogP contribution in [-0.4, -0.2) is 22.6 Å². The summed E-state index contributed by atoms with van der Waals surface area (Å²) < 4.78 is 2.26. The zero-order chi connectivity index (χ0) is 12.8. The van der Waals surface area contributed by atoms with Gasteiger partial charge in [-0.15, -0.1) is 11.3 Å². The number of hydrogen-bond acceptors (Lipinski definition) is 3. The zero-order valence-electron chi connectivity index (χ0n) is 11.1. The van der Waals surface area contributed by atoms with Crippen molar-refractivity contribution < 1.29 is 0 Å². The maximum atomic E-state index is 4.45. The van der Waals surface area contributed by atoms with E-state index in [2.05, 4.69) is 45.5 Å². The number of rotatable bonds is 7. The maximum Gasteiger partial charge on any atom is 0.149 e. The van der Waals surface area contributed by atoms with Crippen LogP contribution in [0.5, 0.6) is 0 Å². The molecule has 0 aliphatic carbocycles. The lowest BCUT2D eigenvalue weighted by Crippen LogP contribution is -2.20. The third kappa shape index (κ3) is 3.43. The van der Waals surface area contributed by atoms with E-state index in [0.717, 1.165) is 12.4 Å². The number of imidazole rings is 1. The van der Waals surface area contributed by atoms with Crippen LogP contribution in [0, 0.1) is 0 Å². The van der Waals surface area contributed by atoms with Crippen molar-refractivity contribution in [2.24, 2.45) is 0 Å². The van der Waals surface area contributed by atoms with Crippen molar-refractivity contribution in [1.29, 1.82) is 0 Å². The van der Waals surface area contributed by atoms with Crippen molar-refractivity contribution in [2.45, 2.75) is 38.8 Å². The van der Waals surface area contributed by atoms with Crippen molar-refractivity contribution >= 4 is 11.3 Å². The quantitative estimate of drug-likeness (QED) is 0.776. The van der Waals surface area contributed by atoms with Crippen molar-refractivity contribution in [2.75, 3.05) is 7.05 Å². The largest absolute Gasteiger partial charge is 0.330 e. The van der Waals surface area contributed by atoms with E-state index in [0.29, 0.717) is 6.04 Å². The molecule has 0 bridgehead atoms. The Kier molecular flexibility index (Phi) is 4.96. The van der Waals surface area contributed by atoms with Gasteiger partial charge < -0.3 is 9.88 Å². The summed E-state index contributed by atoms with van der Waals surface area (Å²) in [6, 6.07) is 4.82. The summed E-state index contributed by atoms with van der Waals surface area (Å²) in [6.07, 6.45) is 7.67. The number of hydrogen-bond donors (Lipinski definition) is 1. The predicted molar refractivity (Wildman–Crippen MR) is 77.9 cm³/mol. The normalized spacial score (nSPS) is 12.8. The van der Waals surface area contributed by atoms with Crippen LogP contribution in [-0.2, 0) is 6.54 Å². The fraction of sp³-hybridized carbons (Fsp3) is 0.500. The minimum Gasteiger partial charge on any atom is -0.330 e. The van der Waals surface area contributed by atoms with Crippen LogP contribution >= 0.6 is 11.3 Å². The number of aryl methyl sites for hydroxylation is 1. The Morgan fingerprint density at radius 1 is 1.44 bits per heavy atom. The summed E-state index contributed by atoms with van der Waals surface area (Å²) in [4.78, 5) is 5.70. The Morgan fingerprint density at radius 3 is 3.06 bits per heavy atom. The number of nitrogens with zero attached hydrogens (tertiary/aromatic N) is 2. The molecule has 0 radical (unpaired) electrons. The molecular formula is C14H21N3S. The summed E-state index contributed by atoms with van der Waals surface area (Å²) in [7, 11) is 2.02. The Morgan fingerprint density at radius 2 is 2.33 bits per heavy atom. The van der Waals surface area contributed by atoms with E-state index in [1.165, 1.54) is 24.1 Å². The van der Waals surface area contributed by atoms with Gasteiger partial charge in [0.25, 0.3) is 0 Å². The van der Waals surface area contributed by atoms with Crippen LogP contribution in [0.1, 0.15) is 26.2 Å². The molecule has 0 aliphatic heterocycles. The van der Waals surface area contributed by atoms with Crippen molar-refractivity contribution in [3.05, 3.63) is 29.9 Å². The molecule has 1 unspecified atom stereocenters.